The lowest BCUT2D eigenvalue weighted by molar-refractivity contribution is 0.0787. The van der Waals surface area contributed by atoms with Gasteiger partial charge in [-0.2, -0.15) is 0 Å². The molecule has 0 aromatic heterocycles. The summed E-state index contributed by atoms with van der Waals surface area (Å²) >= 11 is 0. The summed E-state index contributed by atoms with van der Waals surface area (Å²) in [7, 11) is 0.497. The fourth-order valence-electron chi connectivity index (χ4n) is 2.56. The first-order chi connectivity index (χ1) is 10.8. The molecule has 0 aliphatic carbocycles. The Morgan fingerprint density at radius 1 is 1.39 bits per heavy atom. The van der Waals surface area contributed by atoms with Crippen molar-refractivity contribution in [2.75, 3.05) is 38.6 Å². The summed E-state index contributed by atoms with van der Waals surface area (Å²) in [5, 5.41) is 0.900. The van der Waals surface area contributed by atoms with Crippen molar-refractivity contribution in [2.24, 2.45) is 5.92 Å². The van der Waals surface area contributed by atoms with Gasteiger partial charge in [-0.05, 0) is 36.6 Å². The molecule has 1 unspecified atom stereocenters. The summed E-state index contributed by atoms with van der Waals surface area (Å²) < 4.78 is 25.2. The second kappa shape index (κ2) is 7.14. The zero-order chi connectivity index (χ0) is 17.0. The van der Waals surface area contributed by atoms with Gasteiger partial charge in [-0.3, -0.25) is 4.79 Å². The first-order valence-electron chi connectivity index (χ1n) is 7.51. The Morgan fingerprint density at radius 2 is 2.04 bits per heavy atom. The molecule has 23 heavy (non-hydrogen) atoms. The number of likely N-dealkylation sites (tertiary alicyclic amines) is 1. The number of nitrogens with zero attached hydrogens (tertiary/aromatic N) is 2. The van der Waals surface area contributed by atoms with Gasteiger partial charge in [-0.15, -0.1) is 0 Å². The molecule has 1 heterocycles. The van der Waals surface area contributed by atoms with E-state index in [1.54, 1.807) is 4.90 Å². The van der Waals surface area contributed by atoms with E-state index in [4.69, 9.17) is 0 Å². The Balaban J connectivity index is 1.93. The van der Waals surface area contributed by atoms with Crippen LogP contribution >= 0.6 is 0 Å². The fourth-order valence-corrected chi connectivity index (χ4v) is 3.15. The summed E-state index contributed by atoms with van der Waals surface area (Å²) in [5.74, 6) is 0.124. The molecule has 1 aromatic carbocycles. The minimum absolute atomic E-state index is 0.00983. The summed E-state index contributed by atoms with van der Waals surface area (Å²) in [6.07, 6.45) is 0.793. The van der Waals surface area contributed by atoms with E-state index in [9.17, 15) is 13.2 Å². The number of benzene rings is 1. The van der Waals surface area contributed by atoms with Crippen LogP contribution in [0.5, 0.6) is 0 Å². The Hall–Kier alpha value is -1.86. The molecule has 1 fully saturated rings. The SMILES string of the molecule is C=CS(=O)(=O)NCC1CCN(C(=O)c2ccc(N(C)C)cc2)C1. The lowest BCUT2D eigenvalue weighted by atomic mass is 10.1. The Labute approximate surface area is 137 Å². The van der Waals surface area contributed by atoms with Gasteiger partial charge in [0, 0.05) is 50.4 Å². The molecule has 1 aliphatic heterocycles. The van der Waals surface area contributed by atoms with E-state index in [1.807, 2.05) is 43.3 Å². The van der Waals surface area contributed by atoms with Crippen molar-refractivity contribution >= 4 is 21.6 Å². The minimum atomic E-state index is -3.40. The van der Waals surface area contributed by atoms with Gasteiger partial charge in [0.25, 0.3) is 5.91 Å². The number of hydrogen-bond acceptors (Lipinski definition) is 4. The maximum absolute atomic E-state index is 12.5. The zero-order valence-corrected chi connectivity index (χ0v) is 14.3. The van der Waals surface area contributed by atoms with Crippen LogP contribution in [-0.2, 0) is 10.0 Å². The number of anilines is 1. The normalized spacial score (nSPS) is 18.0. The van der Waals surface area contributed by atoms with E-state index in [0.717, 1.165) is 17.5 Å². The molecular formula is C16H23N3O3S. The second-order valence-corrected chi connectivity index (χ2v) is 7.62. The monoisotopic (exact) mass is 337 g/mol. The predicted octanol–water partition coefficient (Wildman–Crippen LogP) is 1.28. The highest BCUT2D eigenvalue weighted by molar-refractivity contribution is 7.92. The van der Waals surface area contributed by atoms with Crippen LogP contribution in [0, 0.1) is 5.92 Å². The molecule has 126 valence electrons. The molecule has 0 spiro atoms. The minimum Gasteiger partial charge on any atom is -0.378 e. The van der Waals surface area contributed by atoms with E-state index in [1.165, 1.54) is 0 Å². The summed E-state index contributed by atoms with van der Waals surface area (Å²) in [4.78, 5) is 16.2. The first-order valence-corrected chi connectivity index (χ1v) is 9.06. The molecule has 1 N–H and O–H groups in total. The van der Waals surface area contributed by atoms with E-state index < -0.39 is 10.0 Å². The van der Waals surface area contributed by atoms with Crippen molar-refractivity contribution in [3.05, 3.63) is 41.8 Å². The quantitative estimate of drug-likeness (QED) is 0.849. The number of carbonyl (C=O) groups is 1. The van der Waals surface area contributed by atoms with Crippen molar-refractivity contribution < 1.29 is 13.2 Å². The van der Waals surface area contributed by atoms with E-state index >= 15 is 0 Å². The standard InChI is InChI=1S/C16H23N3O3S/c1-4-23(21,22)17-11-13-9-10-19(12-13)16(20)14-5-7-15(8-6-14)18(2)3/h4-8,13,17H,1,9-12H2,2-3H3. The first kappa shape index (κ1) is 17.5. The largest absolute Gasteiger partial charge is 0.378 e. The summed E-state index contributed by atoms with van der Waals surface area (Å²) in [5.41, 5.74) is 1.70. The van der Waals surface area contributed by atoms with Crippen LogP contribution in [0.3, 0.4) is 0 Å². The maximum atomic E-state index is 12.5. The Morgan fingerprint density at radius 3 is 2.61 bits per heavy atom. The molecule has 0 radical (unpaired) electrons. The molecule has 1 atom stereocenters. The van der Waals surface area contributed by atoms with Gasteiger partial charge in [0.05, 0.1) is 0 Å². The van der Waals surface area contributed by atoms with Crippen LogP contribution in [0.2, 0.25) is 0 Å². The third kappa shape index (κ3) is 4.56. The van der Waals surface area contributed by atoms with Crippen LogP contribution in [-0.4, -0.2) is 53.0 Å². The molecule has 0 saturated carbocycles. The zero-order valence-electron chi connectivity index (χ0n) is 13.5. The van der Waals surface area contributed by atoms with Gasteiger partial charge in [0.1, 0.15) is 0 Å². The van der Waals surface area contributed by atoms with Crippen LogP contribution in [0.1, 0.15) is 16.8 Å². The van der Waals surface area contributed by atoms with Crippen molar-refractivity contribution in [2.45, 2.75) is 6.42 Å². The van der Waals surface area contributed by atoms with Crippen LogP contribution in [0.15, 0.2) is 36.3 Å². The highest BCUT2D eigenvalue weighted by atomic mass is 32.2. The third-order valence-corrected chi connectivity index (χ3v) is 5.00. The molecule has 1 aromatic rings. The van der Waals surface area contributed by atoms with Crippen LogP contribution in [0.4, 0.5) is 5.69 Å². The highest BCUT2D eigenvalue weighted by Crippen LogP contribution is 2.20. The Kier molecular flexibility index (Phi) is 5.43. The van der Waals surface area contributed by atoms with Gasteiger partial charge in [0.2, 0.25) is 10.0 Å². The summed E-state index contributed by atoms with van der Waals surface area (Å²) in [6.45, 7) is 4.80. The van der Waals surface area contributed by atoms with Crippen LogP contribution < -0.4 is 9.62 Å². The molecular weight excluding hydrogens is 314 g/mol. The van der Waals surface area contributed by atoms with Gasteiger partial charge in [0.15, 0.2) is 0 Å². The molecule has 2 rings (SSSR count). The molecule has 6 nitrogen and oxygen atoms in total. The van der Waals surface area contributed by atoms with Crippen LogP contribution in [0.25, 0.3) is 0 Å². The number of hydrogen-bond donors (Lipinski definition) is 1. The number of carbonyl (C=O) groups excluding carboxylic acids is 1. The highest BCUT2D eigenvalue weighted by Gasteiger charge is 2.27. The topological polar surface area (TPSA) is 69.7 Å². The van der Waals surface area contributed by atoms with Gasteiger partial charge in [-0.25, -0.2) is 13.1 Å². The average Bonchev–Trinajstić information content (AvgIpc) is 3.01. The summed E-state index contributed by atoms with van der Waals surface area (Å²) in [6, 6.07) is 7.48. The van der Waals surface area contributed by atoms with E-state index in [2.05, 4.69) is 11.3 Å². The van der Waals surface area contributed by atoms with Crippen molar-refractivity contribution in [1.29, 1.82) is 0 Å². The van der Waals surface area contributed by atoms with Crippen molar-refractivity contribution in [3.63, 3.8) is 0 Å². The number of nitrogens with one attached hydrogen (secondary N) is 1. The van der Waals surface area contributed by atoms with Gasteiger partial charge >= 0.3 is 0 Å². The smallest absolute Gasteiger partial charge is 0.253 e. The van der Waals surface area contributed by atoms with Crippen molar-refractivity contribution in [1.82, 2.24) is 9.62 Å². The molecule has 1 saturated heterocycles. The molecule has 1 amide bonds. The fraction of sp³-hybridized carbons (Fsp3) is 0.438. The van der Waals surface area contributed by atoms with Gasteiger partial charge in [-0.1, -0.05) is 6.58 Å². The maximum Gasteiger partial charge on any atom is 0.253 e. The predicted molar refractivity (Wildman–Crippen MR) is 91.9 cm³/mol. The molecule has 1 aliphatic rings. The van der Waals surface area contributed by atoms with E-state index in [-0.39, 0.29) is 11.8 Å². The Bertz CT molecular complexity index is 668. The average molecular weight is 337 g/mol. The number of rotatable bonds is 6. The van der Waals surface area contributed by atoms with Crippen molar-refractivity contribution in [3.8, 4) is 0 Å². The second-order valence-electron chi connectivity index (χ2n) is 5.91. The number of sulfonamides is 1. The third-order valence-electron chi connectivity index (χ3n) is 4.00. The van der Waals surface area contributed by atoms with Gasteiger partial charge < -0.3 is 9.80 Å². The molecule has 0 bridgehead atoms. The number of amides is 1. The molecule has 7 heteroatoms. The van der Waals surface area contributed by atoms with E-state index in [0.29, 0.717) is 25.2 Å². The lowest BCUT2D eigenvalue weighted by Gasteiger charge is -2.18. The lowest BCUT2D eigenvalue weighted by Crippen LogP contribution is -2.32.